The van der Waals surface area contributed by atoms with Crippen molar-refractivity contribution in [1.29, 1.82) is 5.26 Å². The first-order valence-corrected chi connectivity index (χ1v) is 6.90. The molecule has 0 radical (unpaired) electrons. The maximum atomic E-state index is 9.17. The zero-order chi connectivity index (χ0) is 14.5. The van der Waals surface area contributed by atoms with Crippen LogP contribution in [-0.2, 0) is 0 Å². The Labute approximate surface area is 124 Å². The summed E-state index contributed by atoms with van der Waals surface area (Å²) < 4.78 is 5.52. The summed E-state index contributed by atoms with van der Waals surface area (Å²) in [5.41, 5.74) is 12.6. The molecule has 7 heteroatoms. The van der Waals surface area contributed by atoms with E-state index in [4.69, 9.17) is 16.2 Å². The van der Waals surface area contributed by atoms with E-state index in [1.165, 1.54) is 0 Å². The van der Waals surface area contributed by atoms with Crippen molar-refractivity contribution < 1.29 is 4.74 Å². The smallest absolute Gasteiger partial charge is 0.222 e. The van der Waals surface area contributed by atoms with E-state index in [0.717, 1.165) is 5.33 Å². The lowest BCUT2D eigenvalue weighted by molar-refractivity contribution is 0.345. The predicted octanol–water partition coefficient (Wildman–Crippen LogP) is 1.95. The van der Waals surface area contributed by atoms with Crippen molar-refractivity contribution in [3.05, 3.63) is 29.8 Å². The molecular weight excluding hydrogens is 322 g/mol. The summed E-state index contributed by atoms with van der Waals surface area (Å²) in [6.07, 6.45) is 0. The molecule has 0 aliphatic rings. The van der Waals surface area contributed by atoms with Gasteiger partial charge in [-0.3, -0.25) is 0 Å². The minimum absolute atomic E-state index is 0.0308. The van der Waals surface area contributed by atoms with Gasteiger partial charge >= 0.3 is 0 Å². The molecule has 0 aliphatic heterocycles. The monoisotopic (exact) mass is 333 g/mol. The maximum Gasteiger partial charge on any atom is 0.222 e. The molecule has 0 unspecified atom stereocenters. The van der Waals surface area contributed by atoms with Crippen molar-refractivity contribution in [2.75, 3.05) is 23.4 Å². The van der Waals surface area contributed by atoms with E-state index in [9.17, 15) is 5.26 Å². The Kier molecular flexibility index (Phi) is 4.38. The van der Waals surface area contributed by atoms with Crippen LogP contribution in [0.2, 0.25) is 0 Å². The Bertz CT molecular complexity index is 668. The number of nitrogen functional groups attached to an aromatic ring is 2. The van der Waals surface area contributed by atoms with Crippen molar-refractivity contribution >= 4 is 27.7 Å². The number of nitrogens with two attached hydrogens (primary N) is 2. The average molecular weight is 334 g/mol. The number of nitriles is 1. The minimum atomic E-state index is 0.0308. The first kappa shape index (κ1) is 14.1. The third-order valence-electron chi connectivity index (χ3n) is 2.52. The van der Waals surface area contributed by atoms with Crippen LogP contribution in [0.1, 0.15) is 5.56 Å². The fourth-order valence-electron chi connectivity index (χ4n) is 1.70. The first-order valence-electron chi connectivity index (χ1n) is 5.78. The molecule has 20 heavy (non-hydrogen) atoms. The van der Waals surface area contributed by atoms with Crippen LogP contribution >= 0.6 is 15.9 Å². The van der Waals surface area contributed by atoms with Crippen molar-refractivity contribution in [2.45, 2.75) is 0 Å². The summed E-state index contributed by atoms with van der Waals surface area (Å²) in [7, 11) is 0. The van der Waals surface area contributed by atoms with E-state index in [0.29, 0.717) is 23.6 Å². The van der Waals surface area contributed by atoms with Crippen molar-refractivity contribution in [2.24, 2.45) is 0 Å². The number of hydrogen-bond acceptors (Lipinski definition) is 6. The summed E-state index contributed by atoms with van der Waals surface area (Å²) in [6.45, 7) is 0.544. The normalized spacial score (nSPS) is 10.0. The molecule has 6 nitrogen and oxygen atoms in total. The highest BCUT2D eigenvalue weighted by molar-refractivity contribution is 9.09. The van der Waals surface area contributed by atoms with Gasteiger partial charge in [0.2, 0.25) is 5.95 Å². The second-order valence-electron chi connectivity index (χ2n) is 3.87. The lowest BCUT2D eigenvalue weighted by atomic mass is 10.1. The summed E-state index contributed by atoms with van der Waals surface area (Å²) in [6, 6.07) is 9.23. The van der Waals surface area contributed by atoms with Crippen LogP contribution in [0.4, 0.5) is 11.8 Å². The van der Waals surface area contributed by atoms with Crippen LogP contribution in [0, 0.1) is 11.3 Å². The predicted molar refractivity (Wildman–Crippen MR) is 80.3 cm³/mol. The molecule has 0 atom stereocenters. The standard InChI is InChI=1S/C13H12BrN5O/c14-4-5-20-9-3-1-2-8(6-9)11-10(7-15)12(16)19-13(17)18-11/h1-3,6H,4-5H2,(H4,16,17,18,19). The second-order valence-corrected chi connectivity index (χ2v) is 4.66. The largest absolute Gasteiger partial charge is 0.493 e. The number of hydrogen-bond donors (Lipinski definition) is 2. The molecule has 2 aromatic rings. The van der Waals surface area contributed by atoms with E-state index in [1.807, 2.05) is 24.3 Å². The SMILES string of the molecule is N#Cc1c(N)nc(N)nc1-c1cccc(OCCBr)c1. The Morgan fingerprint density at radius 3 is 2.80 bits per heavy atom. The van der Waals surface area contributed by atoms with Gasteiger partial charge in [-0.15, -0.1) is 0 Å². The van der Waals surface area contributed by atoms with Gasteiger partial charge in [0.1, 0.15) is 23.2 Å². The van der Waals surface area contributed by atoms with Crippen LogP contribution < -0.4 is 16.2 Å². The third-order valence-corrected chi connectivity index (χ3v) is 2.84. The zero-order valence-corrected chi connectivity index (χ0v) is 12.1. The molecule has 0 saturated carbocycles. The van der Waals surface area contributed by atoms with Gasteiger partial charge in [0, 0.05) is 10.9 Å². The maximum absolute atomic E-state index is 9.17. The molecule has 0 spiro atoms. The number of alkyl halides is 1. The number of rotatable bonds is 4. The van der Waals surface area contributed by atoms with Gasteiger partial charge in [0.05, 0.1) is 12.3 Å². The Morgan fingerprint density at radius 2 is 2.10 bits per heavy atom. The lowest BCUT2D eigenvalue weighted by Crippen LogP contribution is -2.05. The number of aromatic nitrogens is 2. The number of anilines is 2. The molecule has 4 N–H and O–H groups in total. The Balaban J connectivity index is 2.49. The molecule has 0 bridgehead atoms. The molecule has 1 aromatic carbocycles. The average Bonchev–Trinajstić information content (AvgIpc) is 2.44. The molecule has 2 rings (SSSR count). The molecule has 1 aromatic heterocycles. The van der Waals surface area contributed by atoms with Crippen LogP contribution in [0.3, 0.4) is 0 Å². The van der Waals surface area contributed by atoms with Gasteiger partial charge < -0.3 is 16.2 Å². The number of ether oxygens (including phenoxy) is 1. The second kappa shape index (κ2) is 6.21. The summed E-state index contributed by atoms with van der Waals surface area (Å²) >= 11 is 3.29. The van der Waals surface area contributed by atoms with Gasteiger partial charge in [-0.25, -0.2) is 4.98 Å². The summed E-state index contributed by atoms with van der Waals surface area (Å²) in [5.74, 6) is 0.784. The van der Waals surface area contributed by atoms with Crippen LogP contribution in [-0.4, -0.2) is 21.9 Å². The van der Waals surface area contributed by atoms with Crippen LogP contribution in [0.15, 0.2) is 24.3 Å². The minimum Gasteiger partial charge on any atom is -0.493 e. The number of benzene rings is 1. The summed E-state index contributed by atoms with van der Waals surface area (Å²) in [5, 5.41) is 9.90. The number of halogens is 1. The lowest BCUT2D eigenvalue weighted by Gasteiger charge is -2.09. The van der Waals surface area contributed by atoms with Gasteiger partial charge in [-0.2, -0.15) is 10.2 Å². The Morgan fingerprint density at radius 1 is 1.30 bits per heavy atom. The topological polar surface area (TPSA) is 111 Å². The van der Waals surface area contributed by atoms with Crippen LogP contribution in [0.25, 0.3) is 11.3 Å². The van der Waals surface area contributed by atoms with E-state index in [1.54, 1.807) is 6.07 Å². The van der Waals surface area contributed by atoms with Crippen molar-refractivity contribution in [3.63, 3.8) is 0 Å². The van der Waals surface area contributed by atoms with E-state index in [-0.39, 0.29) is 17.3 Å². The molecule has 0 saturated heterocycles. The van der Waals surface area contributed by atoms with E-state index >= 15 is 0 Å². The molecular formula is C13H12BrN5O. The molecule has 0 aliphatic carbocycles. The first-order chi connectivity index (χ1) is 9.65. The van der Waals surface area contributed by atoms with Crippen LogP contribution in [0.5, 0.6) is 5.75 Å². The molecule has 102 valence electrons. The fourth-order valence-corrected chi connectivity index (χ4v) is 1.87. The zero-order valence-electron chi connectivity index (χ0n) is 10.5. The van der Waals surface area contributed by atoms with Gasteiger partial charge in [-0.1, -0.05) is 28.1 Å². The van der Waals surface area contributed by atoms with E-state index in [2.05, 4.69) is 25.9 Å². The van der Waals surface area contributed by atoms with Crippen molar-refractivity contribution in [1.82, 2.24) is 9.97 Å². The fraction of sp³-hybridized carbons (Fsp3) is 0.154. The molecule has 0 amide bonds. The molecule has 1 heterocycles. The van der Waals surface area contributed by atoms with E-state index < -0.39 is 0 Å². The quantitative estimate of drug-likeness (QED) is 0.827. The van der Waals surface area contributed by atoms with Crippen molar-refractivity contribution in [3.8, 4) is 23.1 Å². The third kappa shape index (κ3) is 2.97. The highest BCUT2D eigenvalue weighted by Crippen LogP contribution is 2.27. The van der Waals surface area contributed by atoms with Gasteiger partial charge in [0.15, 0.2) is 0 Å². The number of nitrogens with zero attached hydrogens (tertiary/aromatic N) is 3. The van der Waals surface area contributed by atoms with Gasteiger partial charge in [-0.05, 0) is 12.1 Å². The molecule has 0 fully saturated rings. The highest BCUT2D eigenvalue weighted by atomic mass is 79.9. The highest BCUT2D eigenvalue weighted by Gasteiger charge is 2.13. The van der Waals surface area contributed by atoms with Gasteiger partial charge in [0.25, 0.3) is 0 Å². The summed E-state index contributed by atoms with van der Waals surface area (Å²) in [4.78, 5) is 7.88. The Hall–Kier alpha value is -2.33.